The molecule has 8 nitrogen and oxygen atoms in total. The third-order valence-corrected chi connectivity index (χ3v) is 4.33. The second-order valence-corrected chi connectivity index (χ2v) is 7.09. The molecule has 0 spiro atoms. The van der Waals surface area contributed by atoms with Gasteiger partial charge in [0.05, 0.1) is 6.04 Å². The van der Waals surface area contributed by atoms with Crippen molar-refractivity contribution in [1.82, 2.24) is 15.1 Å². The molecule has 2 heterocycles. The van der Waals surface area contributed by atoms with Gasteiger partial charge in [0, 0.05) is 20.1 Å². The molecule has 0 bridgehead atoms. The predicted octanol–water partition coefficient (Wildman–Crippen LogP) is 1.11. The van der Waals surface area contributed by atoms with Crippen LogP contribution in [0.2, 0.25) is 0 Å². The van der Waals surface area contributed by atoms with Crippen molar-refractivity contribution in [1.29, 1.82) is 0 Å². The number of amides is 3. The number of hydrogen-bond acceptors (Lipinski definition) is 4. The van der Waals surface area contributed by atoms with Gasteiger partial charge in [0.25, 0.3) is 0 Å². The Balaban J connectivity index is 2.22. The molecule has 130 valence electrons. The van der Waals surface area contributed by atoms with Crippen molar-refractivity contribution in [2.45, 2.75) is 51.3 Å². The van der Waals surface area contributed by atoms with Gasteiger partial charge in [-0.25, -0.2) is 14.4 Å². The number of nitrogens with one attached hydrogen (secondary N) is 1. The van der Waals surface area contributed by atoms with Gasteiger partial charge in [-0.3, -0.25) is 4.90 Å². The lowest BCUT2D eigenvalue weighted by Crippen LogP contribution is -2.55. The first kappa shape index (κ1) is 17.4. The van der Waals surface area contributed by atoms with Crippen LogP contribution in [0, 0.1) is 5.92 Å². The fraction of sp³-hybridized carbons (Fsp3) is 0.800. The minimum absolute atomic E-state index is 0.0736. The standard InChI is InChI=1S/C15H25N3O5/c1-15(2,3)23-14(22)18-10(12(19)20)7-9-5-6-17(8-11(9)18)13(21)16-4/h9-11H,5-8H2,1-4H3,(H,16,21)(H,19,20)/t9-,10+,11-/m1/s1. The summed E-state index contributed by atoms with van der Waals surface area (Å²) in [4.78, 5) is 38.8. The fourth-order valence-electron chi connectivity index (χ4n) is 3.34. The molecule has 3 atom stereocenters. The number of piperidine rings is 1. The Labute approximate surface area is 135 Å². The van der Waals surface area contributed by atoms with Gasteiger partial charge < -0.3 is 20.1 Å². The number of carbonyl (C=O) groups is 3. The molecule has 0 radical (unpaired) electrons. The summed E-state index contributed by atoms with van der Waals surface area (Å²) in [6, 6.07) is -1.44. The number of carboxylic acid groups (broad SMARTS) is 1. The SMILES string of the molecule is CNC(=O)N1CC[C@@H]2C[C@@H](C(=O)O)N(C(=O)OC(C)(C)C)[C@@H]2C1. The minimum Gasteiger partial charge on any atom is -0.480 e. The van der Waals surface area contributed by atoms with E-state index in [4.69, 9.17) is 4.74 Å². The summed E-state index contributed by atoms with van der Waals surface area (Å²) in [6.07, 6.45) is 0.457. The van der Waals surface area contributed by atoms with Crippen LogP contribution < -0.4 is 5.32 Å². The predicted molar refractivity (Wildman–Crippen MR) is 82.0 cm³/mol. The lowest BCUT2D eigenvalue weighted by Gasteiger charge is -2.38. The molecule has 2 aliphatic heterocycles. The number of rotatable bonds is 1. The van der Waals surface area contributed by atoms with Gasteiger partial charge in [0.2, 0.25) is 0 Å². The zero-order valence-corrected chi connectivity index (χ0v) is 14.0. The summed E-state index contributed by atoms with van der Waals surface area (Å²) < 4.78 is 5.38. The Morgan fingerprint density at radius 3 is 2.43 bits per heavy atom. The average Bonchev–Trinajstić information content (AvgIpc) is 2.83. The Kier molecular flexibility index (Phi) is 4.72. The van der Waals surface area contributed by atoms with Gasteiger partial charge in [0.15, 0.2) is 0 Å². The highest BCUT2D eigenvalue weighted by Gasteiger charge is 2.50. The van der Waals surface area contributed by atoms with E-state index in [1.807, 2.05) is 0 Å². The van der Waals surface area contributed by atoms with Crippen LogP contribution in [0.4, 0.5) is 9.59 Å². The number of fused-ring (bicyclic) bond motifs is 1. The van der Waals surface area contributed by atoms with Crippen LogP contribution in [0.15, 0.2) is 0 Å². The van der Waals surface area contributed by atoms with Gasteiger partial charge in [-0.05, 0) is 39.5 Å². The fourth-order valence-corrected chi connectivity index (χ4v) is 3.34. The number of likely N-dealkylation sites (tertiary alicyclic amines) is 2. The number of ether oxygens (including phenoxy) is 1. The number of carboxylic acids is 1. The lowest BCUT2D eigenvalue weighted by molar-refractivity contribution is -0.142. The van der Waals surface area contributed by atoms with Crippen LogP contribution in [-0.4, -0.2) is 70.8 Å². The highest BCUT2D eigenvalue weighted by atomic mass is 16.6. The Bertz CT molecular complexity index is 502. The van der Waals surface area contributed by atoms with E-state index in [1.54, 1.807) is 32.7 Å². The monoisotopic (exact) mass is 327 g/mol. The molecule has 0 aliphatic carbocycles. The van der Waals surface area contributed by atoms with E-state index in [1.165, 1.54) is 4.90 Å². The smallest absolute Gasteiger partial charge is 0.411 e. The topological polar surface area (TPSA) is 99.2 Å². The maximum atomic E-state index is 12.5. The van der Waals surface area contributed by atoms with Gasteiger partial charge in [-0.1, -0.05) is 0 Å². The largest absolute Gasteiger partial charge is 0.480 e. The van der Waals surface area contributed by atoms with Crippen LogP contribution in [0.1, 0.15) is 33.6 Å². The molecule has 0 saturated carbocycles. The molecule has 2 N–H and O–H groups in total. The van der Waals surface area contributed by atoms with E-state index in [0.29, 0.717) is 25.9 Å². The molecule has 2 aliphatic rings. The van der Waals surface area contributed by atoms with E-state index in [-0.39, 0.29) is 18.0 Å². The molecule has 3 amide bonds. The van der Waals surface area contributed by atoms with Crippen LogP contribution in [0.3, 0.4) is 0 Å². The zero-order valence-electron chi connectivity index (χ0n) is 14.0. The van der Waals surface area contributed by atoms with E-state index in [2.05, 4.69) is 5.32 Å². The Hall–Kier alpha value is -1.99. The number of hydrogen-bond donors (Lipinski definition) is 2. The molecular weight excluding hydrogens is 302 g/mol. The molecule has 2 fully saturated rings. The lowest BCUT2D eigenvalue weighted by atomic mass is 9.91. The highest BCUT2D eigenvalue weighted by molar-refractivity contribution is 5.81. The van der Waals surface area contributed by atoms with E-state index in [0.717, 1.165) is 0 Å². The number of carbonyl (C=O) groups excluding carboxylic acids is 2. The van der Waals surface area contributed by atoms with Crippen LogP contribution in [0.25, 0.3) is 0 Å². The summed E-state index contributed by atoms with van der Waals surface area (Å²) in [6.45, 7) is 6.12. The van der Waals surface area contributed by atoms with Crippen molar-refractivity contribution in [2.75, 3.05) is 20.1 Å². The molecular formula is C15H25N3O5. The molecule has 8 heteroatoms. The summed E-state index contributed by atoms with van der Waals surface area (Å²) in [7, 11) is 1.55. The molecule has 2 saturated heterocycles. The van der Waals surface area contributed by atoms with Gasteiger partial charge in [0.1, 0.15) is 11.6 Å². The summed E-state index contributed by atoms with van der Waals surface area (Å²) in [5.74, 6) is -0.957. The molecule has 0 aromatic rings. The summed E-state index contributed by atoms with van der Waals surface area (Å²) >= 11 is 0. The molecule has 2 rings (SSSR count). The van der Waals surface area contributed by atoms with Gasteiger partial charge >= 0.3 is 18.1 Å². The number of aliphatic carboxylic acids is 1. The van der Waals surface area contributed by atoms with Crippen LogP contribution >= 0.6 is 0 Å². The second kappa shape index (κ2) is 6.25. The third-order valence-electron chi connectivity index (χ3n) is 4.33. The average molecular weight is 327 g/mol. The molecule has 23 heavy (non-hydrogen) atoms. The summed E-state index contributed by atoms with van der Waals surface area (Å²) in [5, 5.41) is 12.0. The minimum atomic E-state index is -1.03. The van der Waals surface area contributed by atoms with Crippen LogP contribution in [-0.2, 0) is 9.53 Å². The van der Waals surface area contributed by atoms with Crippen molar-refractivity contribution < 1.29 is 24.2 Å². The van der Waals surface area contributed by atoms with E-state index in [9.17, 15) is 19.5 Å². The van der Waals surface area contributed by atoms with Crippen molar-refractivity contribution in [2.24, 2.45) is 5.92 Å². The molecule has 0 aromatic carbocycles. The van der Waals surface area contributed by atoms with Crippen molar-refractivity contribution in [3.05, 3.63) is 0 Å². The first-order chi connectivity index (χ1) is 10.6. The van der Waals surface area contributed by atoms with Gasteiger partial charge in [-0.2, -0.15) is 0 Å². The van der Waals surface area contributed by atoms with Gasteiger partial charge in [-0.15, -0.1) is 0 Å². The molecule has 0 unspecified atom stereocenters. The van der Waals surface area contributed by atoms with Crippen LogP contribution in [0.5, 0.6) is 0 Å². The first-order valence-corrected chi connectivity index (χ1v) is 7.85. The maximum Gasteiger partial charge on any atom is 0.411 e. The van der Waals surface area contributed by atoms with E-state index < -0.39 is 23.7 Å². The Morgan fingerprint density at radius 1 is 1.26 bits per heavy atom. The first-order valence-electron chi connectivity index (χ1n) is 7.85. The maximum absolute atomic E-state index is 12.5. The van der Waals surface area contributed by atoms with Crippen molar-refractivity contribution >= 4 is 18.1 Å². The third kappa shape index (κ3) is 3.68. The van der Waals surface area contributed by atoms with E-state index >= 15 is 0 Å². The summed E-state index contributed by atoms with van der Waals surface area (Å²) in [5.41, 5.74) is -0.701. The quantitative estimate of drug-likeness (QED) is 0.751. The molecule has 0 aromatic heterocycles. The Morgan fingerprint density at radius 2 is 1.91 bits per heavy atom. The zero-order chi connectivity index (χ0) is 17.4. The normalized spacial score (nSPS) is 27.4. The second-order valence-electron chi connectivity index (χ2n) is 7.09. The number of urea groups is 1. The van der Waals surface area contributed by atoms with Crippen molar-refractivity contribution in [3.8, 4) is 0 Å². The van der Waals surface area contributed by atoms with Crippen molar-refractivity contribution in [3.63, 3.8) is 0 Å². The number of nitrogens with zero attached hydrogens (tertiary/aromatic N) is 2. The highest BCUT2D eigenvalue weighted by Crippen LogP contribution is 2.37.